The van der Waals surface area contributed by atoms with Gasteiger partial charge in [0.05, 0.1) is 11.9 Å². The molecular weight excluding hydrogens is 184 g/mol. The number of nitrogens with two attached hydrogens (primary N) is 1. The molecule has 0 atom stereocenters. The van der Waals surface area contributed by atoms with E-state index in [-0.39, 0.29) is 12.4 Å². The molecule has 14 heavy (non-hydrogen) atoms. The summed E-state index contributed by atoms with van der Waals surface area (Å²) in [6.07, 6.45) is 0. The number of carbonyl (C=O) groups excluding carboxylic acids is 1. The predicted octanol–water partition coefficient (Wildman–Crippen LogP) is 0.692. The van der Waals surface area contributed by atoms with Crippen molar-refractivity contribution in [2.75, 3.05) is 6.54 Å². The summed E-state index contributed by atoms with van der Waals surface area (Å²) in [5.74, 6) is -0.375. The molecule has 2 rings (SSSR count). The molecule has 0 saturated heterocycles. The van der Waals surface area contributed by atoms with Gasteiger partial charge in [0.2, 0.25) is 0 Å². The number of para-hydroxylation sites is 1. The van der Waals surface area contributed by atoms with Gasteiger partial charge in [0.15, 0.2) is 5.58 Å². The molecule has 1 heterocycles. The van der Waals surface area contributed by atoms with Gasteiger partial charge in [0.1, 0.15) is 0 Å². The number of hydrogen-bond acceptors (Lipinski definition) is 5. The lowest BCUT2D eigenvalue weighted by molar-refractivity contribution is -0.133. The van der Waals surface area contributed by atoms with Crippen LogP contribution in [0.3, 0.4) is 0 Å². The number of rotatable bonds is 2. The van der Waals surface area contributed by atoms with Crippen molar-refractivity contribution in [1.82, 2.24) is 5.16 Å². The Morgan fingerprint density at radius 2 is 2.29 bits per heavy atom. The largest absolute Gasteiger partial charge is 0.402 e. The first-order valence-corrected chi connectivity index (χ1v) is 4.06. The molecule has 0 aliphatic rings. The summed E-state index contributed by atoms with van der Waals surface area (Å²) >= 11 is 0. The monoisotopic (exact) mass is 192 g/mol. The van der Waals surface area contributed by atoms with Crippen molar-refractivity contribution in [2.24, 2.45) is 5.73 Å². The zero-order chi connectivity index (χ0) is 9.97. The van der Waals surface area contributed by atoms with Crippen molar-refractivity contribution < 1.29 is 14.1 Å². The number of nitrogens with zero attached hydrogens (tertiary/aromatic N) is 1. The van der Waals surface area contributed by atoms with E-state index in [4.69, 9.17) is 15.0 Å². The second-order valence-corrected chi connectivity index (χ2v) is 2.66. The number of benzene rings is 1. The van der Waals surface area contributed by atoms with E-state index in [1.807, 2.05) is 6.07 Å². The zero-order valence-corrected chi connectivity index (χ0v) is 7.27. The molecule has 0 fully saturated rings. The van der Waals surface area contributed by atoms with E-state index < -0.39 is 5.97 Å². The van der Waals surface area contributed by atoms with Crippen molar-refractivity contribution in [1.29, 1.82) is 0 Å². The van der Waals surface area contributed by atoms with Crippen LogP contribution in [0.1, 0.15) is 0 Å². The second kappa shape index (κ2) is 3.47. The maximum absolute atomic E-state index is 10.9. The van der Waals surface area contributed by atoms with Crippen LogP contribution in [0.15, 0.2) is 28.8 Å². The Balaban J connectivity index is 2.38. The molecule has 2 N–H and O–H groups in total. The van der Waals surface area contributed by atoms with Gasteiger partial charge in [-0.05, 0) is 17.3 Å². The minimum Gasteiger partial charge on any atom is -0.402 e. The minimum atomic E-state index is -0.538. The molecule has 0 spiro atoms. The third kappa shape index (κ3) is 1.45. The van der Waals surface area contributed by atoms with Gasteiger partial charge in [0, 0.05) is 0 Å². The average Bonchev–Trinajstić information content (AvgIpc) is 2.62. The number of fused-ring (bicyclic) bond motifs is 1. The highest BCUT2D eigenvalue weighted by atomic mass is 16.6. The first-order chi connectivity index (χ1) is 6.81. The molecule has 0 amide bonds. The highest BCUT2D eigenvalue weighted by Crippen LogP contribution is 2.23. The van der Waals surface area contributed by atoms with Crippen LogP contribution in [0.5, 0.6) is 5.88 Å². The Hall–Kier alpha value is -1.88. The number of aromatic nitrogens is 1. The third-order valence-electron chi connectivity index (χ3n) is 1.72. The van der Waals surface area contributed by atoms with Gasteiger partial charge < -0.3 is 15.0 Å². The first kappa shape index (κ1) is 8.71. The van der Waals surface area contributed by atoms with Gasteiger partial charge in [-0.15, -0.1) is 0 Å². The SMILES string of the molecule is NCC(=O)Oc1noc2ccccc12. The molecule has 5 nitrogen and oxygen atoms in total. The van der Waals surface area contributed by atoms with Crippen LogP contribution in [0.25, 0.3) is 11.0 Å². The molecule has 0 aliphatic carbocycles. The van der Waals surface area contributed by atoms with E-state index in [9.17, 15) is 4.79 Å². The molecule has 1 aromatic heterocycles. The Bertz CT molecular complexity index is 464. The van der Waals surface area contributed by atoms with E-state index in [0.29, 0.717) is 11.0 Å². The molecule has 2 aromatic rings. The Kier molecular flexibility index (Phi) is 2.16. The minimum absolute atomic E-state index is 0.163. The summed E-state index contributed by atoms with van der Waals surface area (Å²) in [4.78, 5) is 10.9. The zero-order valence-electron chi connectivity index (χ0n) is 7.27. The molecule has 0 aliphatic heterocycles. The van der Waals surface area contributed by atoms with Crippen LogP contribution in [0.2, 0.25) is 0 Å². The topological polar surface area (TPSA) is 78.4 Å². The highest BCUT2D eigenvalue weighted by Gasteiger charge is 2.11. The summed E-state index contributed by atoms with van der Waals surface area (Å²) in [6, 6.07) is 7.11. The summed E-state index contributed by atoms with van der Waals surface area (Å²) in [5.41, 5.74) is 5.68. The Morgan fingerprint density at radius 1 is 1.50 bits per heavy atom. The van der Waals surface area contributed by atoms with Crippen LogP contribution in [-0.4, -0.2) is 17.7 Å². The smallest absolute Gasteiger partial charge is 0.326 e. The molecule has 0 unspecified atom stereocenters. The maximum Gasteiger partial charge on any atom is 0.326 e. The van der Waals surface area contributed by atoms with Crippen LogP contribution < -0.4 is 10.5 Å². The summed E-state index contributed by atoms with van der Waals surface area (Å²) in [6.45, 7) is -0.179. The van der Waals surface area contributed by atoms with Crippen LogP contribution in [-0.2, 0) is 4.79 Å². The lowest BCUT2D eigenvalue weighted by atomic mass is 10.3. The van der Waals surface area contributed by atoms with E-state index in [1.54, 1.807) is 18.2 Å². The number of carbonyl (C=O) groups is 1. The molecular formula is C9H8N2O3. The fourth-order valence-electron chi connectivity index (χ4n) is 1.09. The predicted molar refractivity (Wildman–Crippen MR) is 48.7 cm³/mol. The molecule has 5 heteroatoms. The van der Waals surface area contributed by atoms with Crippen molar-refractivity contribution in [3.05, 3.63) is 24.3 Å². The normalized spacial score (nSPS) is 10.4. The van der Waals surface area contributed by atoms with Crippen molar-refractivity contribution in [2.45, 2.75) is 0 Å². The van der Waals surface area contributed by atoms with Crippen molar-refractivity contribution >= 4 is 16.9 Å². The Morgan fingerprint density at radius 3 is 3.07 bits per heavy atom. The summed E-state index contributed by atoms with van der Waals surface area (Å²) in [5, 5.41) is 4.27. The fraction of sp³-hybridized carbons (Fsp3) is 0.111. The summed E-state index contributed by atoms with van der Waals surface area (Å²) in [7, 11) is 0. The van der Waals surface area contributed by atoms with Gasteiger partial charge in [-0.1, -0.05) is 12.1 Å². The average molecular weight is 192 g/mol. The fourth-order valence-corrected chi connectivity index (χ4v) is 1.09. The third-order valence-corrected chi connectivity index (χ3v) is 1.72. The summed E-state index contributed by atoms with van der Waals surface area (Å²) < 4.78 is 9.77. The molecule has 0 radical (unpaired) electrons. The molecule has 72 valence electrons. The van der Waals surface area contributed by atoms with Crippen LogP contribution in [0, 0.1) is 0 Å². The lowest BCUT2D eigenvalue weighted by Crippen LogP contribution is -2.19. The lowest BCUT2D eigenvalue weighted by Gasteiger charge is -1.95. The van der Waals surface area contributed by atoms with Gasteiger partial charge in [-0.25, -0.2) is 0 Å². The van der Waals surface area contributed by atoms with Crippen LogP contribution >= 0.6 is 0 Å². The van der Waals surface area contributed by atoms with Gasteiger partial charge in [-0.2, -0.15) is 0 Å². The van der Waals surface area contributed by atoms with E-state index in [0.717, 1.165) is 0 Å². The van der Waals surface area contributed by atoms with Gasteiger partial charge in [-0.3, -0.25) is 4.79 Å². The highest BCUT2D eigenvalue weighted by molar-refractivity contribution is 5.85. The Labute approximate surface area is 79.4 Å². The van der Waals surface area contributed by atoms with Crippen molar-refractivity contribution in [3.63, 3.8) is 0 Å². The second-order valence-electron chi connectivity index (χ2n) is 2.66. The number of hydrogen-bond donors (Lipinski definition) is 1. The van der Waals surface area contributed by atoms with Gasteiger partial charge >= 0.3 is 5.97 Å². The number of ether oxygens (including phenoxy) is 1. The number of esters is 1. The molecule has 0 bridgehead atoms. The maximum atomic E-state index is 10.9. The van der Waals surface area contributed by atoms with E-state index >= 15 is 0 Å². The molecule has 1 aromatic carbocycles. The first-order valence-electron chi connectivity index (χ1n) is 4.06. The standard InChI is InChI=1S/C9H8N2O3/c10-5-8(12)13-9-6-3-1-2-4-7(6)14-11-9/h1-4H,5,10H2. The van der Waals surface area contributed by atoms with Crippen LogP contribution in [0.4, 0.5) is 0 Å². The van der Waals surface area contributed by atoms with E-state index in [2.05, 4.69) is 5.16 Å². The quantitative estimate of drug-likeness (QED) is 0.708. The van der Waals surface area contributed by atoms with Gasteiger partial charge in [0.25, 0.3) is 5.88 Å². The van der Waals surface area contributed by atoms with E-state index in [1.165, 1.54) is 0 Å². The molecule has 0 saturated carbocycles. The van der Waals surface area contributed by atoms with Crippen molar-refractivity contribution in [3.8, 4) is 5.88 Å².